The van der Waals surface area contributed by atoms with Crippen LogP contribution in [0.2, 0.25) is 0 Å². The fraction of sp³-hybridized carbons (Fsp3) is 0. The predicted octanol–water partition coefficient (Wildman–Crippen LogP) is 12.9. The predicted molar refractivity (Wildman–Crippen MR) is 245 cm³/mol. The van der Waals surface area contributed by atoms with Crippen molar-refractivity contribution >= 4 is 71.1 Å². The van der Waals surface area contributed by atoms with Gasteiger partial charge in [-0.3, -0.25) is 4.57 Å². The monoisotopic (exact) mass is 778 g/mol. The number of hydrogen-bond donors (Lipinski definition) is 0. The summed E-state index contributed by atoms with van der Waals surface area (Å²) < 4.78 is 6.56. The zero-order valence-corrected chi connectivity index (χ0v) is 32.4. The molecule has 12 aromatic rings. The molecule has 0 amide bonds. The first-order valence-electron chi connectivity index (χ1n) is 20.0. The molecule has 0 aliphatic rings. The van der Waals surface area contributed by atoms with Crippen molar-refractivity contribution in [1.29, 1.82) is 5.26 Å². The Hall–Kier alpha value is -8.85. The lowest BCUT2D eigenvalue weighted by Gasteiger charge is -2.17. The van der Waals surface area contributed by atoms with E-state index in [1.165, 1.54) is 0 Å². The van der Waals surface area contributed by atoms with E-state index in [2.05, 4.69) is 110 Å². The average molecular weight is 779 g/mol. The van der Waals surface area contributed by atoms with Crippen LogP contribution in [0.25, 0.3) is 110 Å². The summed E-state index contributed by atoms with van der Waals surface area (Å²) in [6, 6.07) is 63.8. The lowest BCUT2D eigenvalue weighted by molar-refractivity contribution is 0.950. The molecule has 0 fully saturated rings. The second-order valence-electron chi connectivity index (χ2n) is 15.0. The highest BCUT2D eigenvalue weighted by molar-refractivity contribution is 6.12. The van der Waals surface area contributed by atoms with E-state index in [1.54, 1.807) is 0 Å². The molecule has 0 saturated heterocycles. The molecule has 0 aliphatic carbocycles. The van der Waals surface area contributed by atoms with Gasteiger partial charge in [-0.2, -0.15) is 15.2 Å². The van der Waals surface area contributed by atoms with Crippen LogP contribution in [0.1, 0.15) is 5.56 Å². The molecule has 0 atom stereocenters. The molecule has 0 bridgehead atoms. The van der Waals surface area contributed by atoms with Crippen LogP contribution in [-0.2, 0) is 0 Å². The summed E-state index contributed by atoms with van der Waals surface area (Å²) in [6.45, 7) is 7.87. The van der Waals surface area contributed by atoms with Gasteiger partial charge >= 0.3 is 0 Å². The van der Waals surface area contributed by atoms with Gasteiger partial charge in [0.2, 0.25) is 5.95 Å². The van der Waals surface area contributed by atoms with Gasteiger partial charge in [-0.15, -0.1) is 0 Å². The Bertz CT molecular complexity index is 3620. The summed E-state index contributed by atoms with van der Waals surface area (Å²) in [5.74, 6) is 1.47. The standard InChI is InChI=1S/C53H30N8/c1-55-34-27-29-40-38-17-3-9-21-44(38)60(50(40)31-34)48-25-13-7-19-42(48)52-56-51(57-53(58-52)61-45-22-10-4-14-35(45)36-15-5-11-23-46(36)61)41-18-6-12-24-47(41)59-43-20-8-2-16-37(43)39-28-26-33(32-54)30-49(39)59/h2-31H. The molecule has 0 radical (unpaired) electrons. The first-order valence-corrected chi connectivity index (χ1v) is 20.0. The maximum absolute atomic E-state index is 10.0. The van der Waals surface area contributed by atoms with E-state index in [0.29, 0.717) is 28.8 Å². The van der Waals surface area contributed by atoms with Gasteiger partial charge in [-0.1, -0.05) is 115 Å². The maximum atomic E-state index is 10.0. The third kappa shape index (κ3) is 5.13. The van der Waals surface area contributed by atoms with Crippen LogP contribution in [0.4, 0.5) is 5.69 Å². The first-order chi connectivity index (χ1) is 30.2. The Morgan fingerprint density at radius 1 is 0.410 bits per heavy atom. The van der Waals surface area contributed by atoms with Crippen molar-refractivity contribution in [2.45, 2.75) is 0 Å². The summed E-state index contributed by atoms with van der Waals surface area (Å²) in [6.07, 6.45) is 0. The maximum Gasteiger partial charge on any atom is 0.238 e. The lowest BCUT2D eigenvalue weighted by Crippen LogP contribution is -2.09. The number of nitrogens with zero attached hydrogens (tertiary/aromatic N) is 8. The van der Waals surface area contributed by atoms with Crippen molar-refractivity contribution in [2.75, 3.05) is 0 Å². The van der Waals surface area contributed by atoms with E-state index in [-0.39, 0.29) is 0 Å². The molecule has 8 aromatic carbocycles. The number of benzene rings is 8. The minimum Gasteiger partial charge on any atom is -0.310 e. The largest absolute Gasteiger partial charge is 0.310 e. The van der Waals surface area contributed by atoms with Gasteiger partial charge in [-0.05, 0) is 66.7 Å². The van der Waals surface area contributed by atoms with Crippen molar-refractivity contribution < 1.29 is 0 Å². The van der Waals surface area contributed by atoms with Crippen LogP contribution < -0.4 is 0 Å². The second-order valence-corrected chi connectivity index (χ2v) is 15.0. The fourth-order valence-corrected chi connectivity index (χ4v) is 9.15. The summed E-state index contributed by atoms with van der Waals surface area (Å²) in [4.78, 5) is 20.0. The molecule has 8 heteroatoms. The summed E-state index contributed by atoms with van der Waals surface area (Å²) >= 11 is 0. The molecule has 282 valence electrons. The number of nitriles is 1. The smallest absolute Gasteiger partial charge is 0.238 e. The van der Waals surface area contributed by atoms with Crippen molar-refractivity contribution in [2.24, 2.45) is 0 Å². The Morgan fingerprint density at radius 2 is 0.820 bits per heavy atom. The van der Waals surface area contributed by atoms with E-state index in [4.69, 9.17) is 21.5 Å². The molecule has 8 nitrogen and oxygen atoms in total. The Balaban J connectivity index is 1.18. The second kappa shape index (κ2) is 13.4. The van der Waals surface area contributed by atoms with Crippen LogP contribution in [0, 0.1) is 17.9 Å². The van der Waals surface area contributed by atoms with Gasteiger partial charge in [0.05, 0.1) is 57.2 Å². The van der Waals surface area contributed by atoms with Crippen LogP contribution in [0.3, 0.4) is 0 Å². The zero-order chi connectivity index (χ0) is 40.6. The topological polar surface area (TPSA) is 81.6 Å². The summed E-state index contributed by atoms with van der Waals surface area (Å²) in [5, 5.41) is 16.5. The van der Waals surface area contributed by atoms with Crippen molar-refractivity contribution in [1.82, 2.24) is 28.7 Å². The van der Waals surface area contributed by atoms with Gasteiger partial charge in [0.15, 0.2) is 17.3 Å². The van der Waals surface area contributed by atoms with Gasteiger partial charge < -0.3 is 9.13 Å². The molecular formula is C53H30N8. The number of rotatable bonds is 5. The highest BCUT2D eigenvalue weighted by Gasteiger charge is 2.23. The molecule has 61 heavy (non-hydrogen) atoms. The lowest BCUT2D eigenvalue weighted by atomic mass is 10.1. The number of fused-ring (bicyclic) bond motifs is 9. The zero-order valence-electron chi connectivity index (χ0n) is 32.4. The Morgan fingerprint density at radius 3 is 1.31 bits per heavy atom. The van der Waals surface area contributed by atoms with Gasteiger partial charge in [0, 0.05) is 49.0 Å². The van der Waals surface area contributed by atoms with Gasteiger partial charge in [0.25, 0.3) is 0 Å². The molecule has 0 N–H and O–H groups in total. The Labute approximate surface area is 348 Å². The molecular weight excluding hydrogens is 749 g/mol. The highest BCUT2D eigenvalue weighted by atomic mass is 15.2. The third-order valence-corrected chi connectivity index (χ3v) is 11.8. The number of hydrogen-bond acceptors (Lipinski definition) is 4. The molecule has 0 unspecified atom stereocenters. The van der Waals surface area contributed by atoms with Gasteiger partial charge in [-0.25, -0.2) is 9.83 Å². The summed E-state index contributed by atoms with van der Waals surface area (Å²) in [7, 11) is 0. The average Bonchev–Trinajstić information content (AvgIpc) is 3.96. The van der Waals surface area contributed by atoms with Crippen LogP contribution >= 0.6 is 0 Å². The molecule has 12 rings (SSSR count). The van der Waals surface area contributed by atoms with Crippen LogP contribution in [0.5, 0.6) is 0 Å². The Kier molecular flexibility index (Phi) is 7.49. The van der Waals surface area contributed by atoms with Crippen LogP contribution in [0.15, 0.2) is 182 Å². The fourth-order valence-electron chi connectivity index (χ4n) is 9.15. The van der Waals surface area contributed by atoms with Crippen LogP contribution in [-0.4, -0.2) is 28.7 Å². The normalized spacial score (nSPS) is 11.6. The molecule has 0 spiro atoms. The van der Waals surface area contributed by atoms with Crippen molar-refractivity contribution in [3.63, 3.8) is 0 Å². The first kappa shape index (κ1) is 34.2. The number of aromatic nitrogens is 6. The van der Waals surface area contributed by atoms with Crippen molar-refractivity contribution in [3.05, 3.63) is 199 Å². The molecule has 4 aromatic heterocycles. The van der Waals surface area contributed by atoms with E-state index >= 15 is 0 Å². The molecule has 4 heterocycles. The summed E-state index contributed by atoms with van der Waals surface area (Å²) in [5.41, 5.74) is 10.3. The molecule has 0 saturated carbocycles. The minimum absolute atomic E-state index is 0.480. The third-order valence-electron chi connectivity index (χ3n) is 11.8. The number of para-hydroxylation sites is 6. The van der Waals surface area contributed by atoms with E-state index in [0.717, 1.165) is 87.9 Å². The van der Waals surface area contributed by atoms with E-state index < -0.39 is 0 Å². The van der Waals surface area contributed by atoms with E-state index in [9.17, 15) is 5.26 Å². The quantitative estimate of drug-likeness (QED) is 0.163. The molecule has 0 aliphatic heterocycles. The highest BCUT2D eigenvalue weighted by Crippen LogP contribution is 2.40. The SMILES string of the molecule is [C-]#[N+]c1ccc2c3ccccc3n(-c3ccccc3-c3nc(-c4ccccc4-n4c5ccccc5c5ccc(C#N)cc54)nc(-n4c5ccccc5c5ccccc54)n3)c2c1. The van der Waals surface area contributed by atoms with Gasteiger partial charge in [0.1, 0.15) is 0 Å². The van der Waals surface area contributed by atoms with Crippen molar-refractivity contribution in [3.8, 4) is 46.2 Å². The minimum atomic E-state index is 0.480. The van der Waals surface area contributed by atoms with E-state index in [1.807, 2.05) is 97.1 Å².